The molecule has 25 heavy (non-hydrogen) atoms. The third-order valence-electron chi connectivity index (χ3n) is 3.47. The van der Waals surface area contributed by atoms with E-state index < -0.39 is 6.04 Å². The number of aromatic nitrogens is 5. The molecule has 128 valence electrons. The van der Waals surface area contributed by atoms with Crippen LogP contribution in [0.4, 0.5) is 10.5 Å². The van der Waals surface area contributed by atoms with Gasteiger partial charge in [-0.25, -0.2) is 19.7 Å². The standard InChI is InChI=1S/C16H16ClN7O/c1-10-8-12(4-5-13(10)17)23-16(25)22-11(2)14-20-9-21-24(14)15-18-6-3-7-19-15/h3-9,11H,1-2H3,(H2,22,23,25)/t11-/m0/s1. The van der Waals surface area contributed by atoms with Gasteiger partial charge in [-0.1, -0.05) is 11.6 Å². The van der Waals surface area contributed by atoms with E-state index in [4.69, 9.17) is 11.6 Å². The van der Waals surface area contributed by atoms with Crippen LogP contribution < -0.4 is 10.6 Å². The first-order valence-corrected chi connectivity index (χ1v) is 7.93. The highest BCUT2D eigenvalue weighted by molar-refractivity contribution is 6.31. The maximum Gasteiger partial charge on any atom is 0.319 e. The summed E-state index contributed by atoms with van der Waals surface area (Å²) in [6.45, 7) is 3.67. The van der Waals surface area contributed by atoms with Crippen LogP contribution in [0.15, 0.2) is 43.0 Å². The van der Waals surface area contributed by atoms with Gasteiger partial charge in [0.1, 0.15) is 6.33 Å². The van der Waals surface area contributed by atoms with Crippen molar-refractivity contribution in [2.75, 3.05) is 5.32 Å². The van der Waals surface area contributed by atoms with Crippen LogP contribution in [-0.4, -0.2) is 30.8 Å². The molecule has 0 saturated carbocycles. The molecule has 0 fully saturated rings. The minimum absolute atomic E-state index is 0.363. The smallest absolute Gasteiger partial charge is 0.319 e. The lowest BCUT2D eigenvalue weighted by Crippen LogP contribution is -2.32. The summed E-state index contributed by atoms with van der Waals surface area (Å²) in [6.07, 6.45) is 4.62. The zero-order chi connectivity index (χ0) is 17.8. The molecule has 3 rings (SSSR count). The van der Waals surface area contributed by atoms with Crippen LogP contribution in [0, 0.1) is 6.92 Å². The van der Waals surface area contributed by atoms with E-state index in [0.29, 0.717) is 22.5 Å². The summed E-state index contributed by atoms with van der Waals surface area (Å²) in [6, 6.07) is 6.22. The molecule has 8 nitrogen and oxygen atoms in total. The number of halogens is 1. The van der Waals surface area contributed by atoms with Crippen molar-refractivity contribution in [2.45, 2.75) is 19.9 Å². The minimum Gasteiger partial charge on any atom is -0.328 e. The Balaban J connectivity index is 1.70. The molecule has 9 heteroatoms. The van der Waals surface area contributed by atoms with Crippen LogP contribution in [0.25, 0.3) is 5.95 Å². The molecule has 3 aromatic rings. The third-order valence-corrected chi connectivity index (χ3v) is 3.89. The highest BCUT2D eigenvalue weighted by Gasteiger charge is 2.18. The summed E-state index contributed by atoms with van der Waals surface area (Å²) in [7, 11) is 0. The largest absolute Gasteiger partial charge is 0.328 e. The average molecular weight is 358 g/mol. The second-order valence-electron chi connectivity index (χ2n) is 5.36. The van der Waals surface area contributed by atoms with E-state index >= 15 is 0 Å². The summed E-state index contributed by atoms with van der Waals surface area (Å²) < 4.78 is 1.48. The predicted molar refractivity (Wildman–Crippen MR) is 93.7 cm³/mol. The Hall–Kier alpha value is -3.00. The number of carbonyl (C=O) groups is 1. The van der Waals surface area contributed by atoms with Gasteiger partial charge < -0.3 is 10.6 Å². The molecule has 2 N–H and O–H groups in total. The third kappa shape index (κ3) is 3.92. The molecular formula is C16H16ClN7O. The first-order chi connectivity index (χ1) is 12.0. The lowest BCUT2D eigenvalue weighted by molar-refractivity contribution is 0.248. The number of benzene rings is 1. The average Bonchev–Trinajstić information content (AvgIpc) is 3.09. The van der Waals surface area contributed by atoms with Crippen LogP contribution in [0.2, 0.25) is 5.02 Å². The van der Waals surface area contributed by atoms with Gasteiger partial charge in [0.25, 0.3) is 5.95 Å². The molecule has 2 heterocycles. The fraction of sp³-hybridized carbons (Fsp3) is 0.188. The van der Waals surface area contributed by atoms with Crippen LogP contribution in [0.5, 0.6) is 0 Å². The molecule has 0 bridgehead atoms. The molecular weight excluding hydrogens is 342 g/mol. The predicted octanol–water partition coefficient (Wildman–Crippen LogP) is 2.90. The van der Waals surface area contributed by atoms with Gasteiger partial charge in [0.05, 0.1) is 6.04 Å². The zero-order valence-electron chi connectivity index (χ0n) is 13.6. The SMILES string of the molecule is Cc1cc(NC(=O)N[C@@H](C)c2ncnn2-c2ncccn2)ccc1Cl. The fourth-order valence-corrected chi connectivity index (χ4v) is 2.37. The first-order valence-electron chi connectivity index (χ1n) is 7.55. The summed E-state index contributed by atoms with van der Waals surface area (Å²) in [5.41, 5.74) is 1.54. The molecule has 0 aliphatic carbocycles. The number of carbonyl (C=O) groups excluding carboxylic acids is 1. The Morgan fingerprint density at radius 3 is 2.72 bits per heavy atom. The van der Waals surface area contributed by atoms with Crippen molar-refractivity contribution in [3.8, 4) is 5.95 Å². The normalized spacial score (nSPS) is 11.8. The van der Waals surface area contributed by atoms with Gasteiger partial charge in [0, 0.05) is 23.1 Å². The van der Waals surface area contributed by atoms with E-state index in [2.05, 4.69) is 30.7 Å². The minimum atomic E-state index is -0.403. The van der Waals surface area contributed by atoms with Crippen LogP contribution in [0.1, 0.15) is 24.4 Å². The van der Waals surface area contributed by atoms with Gasteiger partial charge in [-0.2, -0.15) is 9.78 Å². The number of anilines is 1. The second-order valence-corrected chi connectivity index (χ2v) is 5.77. The van der Waals surface area contributed by atoms with Gasteiger partial charge in [-0.05, 0) is 43.7 Å². The first kappa shape index (κ1) is 16.8. The van der Waals surface area contributed by atoms with E-state index in [1.165, 1.54) is 11.0 Å². The van der Waals surface area contributed by atoms with Gasteiger partial charge >= 0.3 is 6.03 Å². The van der Waals surface area contributed by atoms with Crippen molar-refractivity contribution in [2.24, 2.45) is 0 Å². The van der Waals surface area contributed by atoms with Gasteiger partial charge in [0.15, 0.2) is 5.82 Å². The Labute approximate surface area is 149 Å². The van der Waals surface area contributed by atoms with Crippen LogP contribution in [0.3, 0.4) is 0 Å². The summed E-state index contributed by atoms with van der Waals surface area (Å²) in [4.78, 5) is 24.7. The van der Waals surface area contributed by atoms with Crippen molar-refractivity contribution in [3.63, 3.8) is 0 Å². The maximum atomic E-state index is 12.2. The quantitative estimate of drug-likeness (QED) is 0.748. The zero-order valence-corrected chi connectivity index (χ0v) is 14.4. The number of aryl methyl sites for hydroxylation is 1. The van der Waals surface area contributed by atoms with Crippen LogP contribution in [-0.2, 0) is 0 Å². The van der Waals surface area contributed by atoms with Crippen molar-refractivity contribution in [3.05, 3.63) is 59.4 Å². The Morgan fingerprint density at radius 1 is 1.24 bits per heavy atom. The number of nitrogens with one attached hydrogen (secondary N) is 2. The fourth-order valence-electron chi connectivity index (χ4n) is 2.25. The Kier molecular flexibility index (Phi) is 4.90. The van der Waals surface area contributed by atoms with E-state index in [9.17, 15) is 4.79 Å². The number of urea groups is 1. The molecule has 0 aliphatic rings. The number of amides is 2. The van der Waals surface area contributed by atoms with E-state index in [-0.39, 0.29) is 6.03 Å². The topological polar surface area (TPSA) is 97.6 Å². The van der Waals surface area contributed by atoms with E-state index in [1.54, 1.807) is 43.6 Å². The molecule has 1 atom stereocenters. The van der Waals surface area contributed by atoms with Crippen molar-refractivity contribution in [1.29, 1.82) is 0 Å². The van der Waals surface area contributed by atoms with Crippen molar-refractivity contribution in [1.82, 2.24) is 30.0 Å². The van der Waals surface area contributed by atoms with Crippen molar-refractivity contribution >= 4 is 23.3 Å². The molecule has 2 aromatic heterocycles. The highest BCUT2D eigenvalue weighted by atomic mass is 35.5. The lowest BCUT2D eigenvalue weighted by Gasteiger charge is -2.15. The van der Waals surface area contributed by atoms with Gasteiger partial charge in [0.2, 0.25) is 0 Å². The summed E-state index contributed by atoms with van der Waals surface area (Å²) >= 11 is 5.99. The summed E-state index contributed by atoms with van der Waals surface area (Å²) in [5.74, 6) is 0.908. The highest BCUT2D eigenvalue weighted by Crippen LogP contribution is 2.19. The number of hydrogen-bond donors (Lipinski definition) is 2. The van der Waals surface area contributed by atoms with Crippen molar-refractivity contribution < 1.29 is 4.79 Å². The molecule has 2 amide bonds. The van der Waals surface area contributed by atoms with E-state index in [1.807, 2.05) is 6.92 Å². The number of hydrogen-bond acceptors (Lipinski definition) is 5. The van der Waals surface area contributed by atoms with Gasteiger partial charge in [-0.3, -0.25) is 0 Å². The molecule has 0 radical (unpaired) electrons. The molecule has 0 aliphatic heterocycles. The number of rotatable bonds is 4. The van der Waals surface area contributed by atoms with Gasteiger partial charge in [-0.15, -0.1) is 0 Å². The Bertz CT molecular complexity index is 881. The monoisotopic (exact) mass is 357 g/mol. The van der Waals surface area contributed by atoms with E-state index in [0.717, 1.165) is 5.56 Å². The second kappa shape index (κ2) is 7.27. The lowest BCUT2D eigenvalue weighted by atomic mass is 10.2. The maximum absolute atomic E-state index is 12.2. The summed E-state index contributed by atoms with van der Waals surface area (Å²) in [5, 5.41) is 10.3. The molecule has 0 unspecified atom stereocenters. The molecule has 1 aromatic carbocycles. The Morgan fingerprint density at radius 2 is 2.00 bits per heavy atom. The van der Waals surface area contributed by atoms with Crippen LogP contribution >= 0.6 is 11.6 Å². The molecule has 0 spiro atoms. The molecule has 0 saturated heterocycles. The number of nitrogens with zero attached hydrogens (tertiary/aromatic N) is 5.